The predicted octanol–water partition coefficient (Wildman–Crippen LogP) is 2.39. The van der Waals surface area contributed by atoms with Crippen LogP contribution >= 0.6 is 0 Å². The maximum atomic E-state index is 4.78. The van der Waals surface area contributed by atoms with Crippen molar-refractivity contribution >= 4 is 5.82 Å². The molecule has 94 valence electrons. The van der Waals surface area contributed by atoms with Gasteiger partial charge in [-0.1, -0.05) is 19.9 Å². The molecule has 0 spiro atoms. The van der Waals surface area contributed by atoms with Gasteiger partial charge in [-0.05, 0) is 37.9 Å². The van der Waals surface area contributed by atoms with Gasteiger partial charge in [0.25, 0.3) is 0 Å². The van der Waals surface area contributed by atoms with Crippen LogP contribution in [-0.4, -0.2) is 31.2 Å². The van der Waals surface area contributed by atoms with Gasteiger partial charge in [-0.3, -0.25) is 0 Å². The van der Waals surface area contributed by atoms with E-state index in [-0.39, 0.29) is 0 Å². The maximum Gasteiger partial charge on any atom is 0.129 e. The van der Waals surface area contributed by atoms with Crippen molar-refractivity contribution in [1.29, 1.82) is 0 Å². The fourth-order valence-electron chi connectivity index (χ4n) is 2.51. The molecular weight excluding hydrogens is 210 g/mol. The Hall–Kier alpha value is -1.09. The summed E-state index contributed by atoms with van der Waals surface area (Å²) in [4.78, 5) is 7.23. The summed E-state index contributed by atoms with van der Waals surface area (Å²) < 4.78 is 0. The van der Waals surface area contributed by atoms with E-state index in [1.807, 2.05) is 7.05 Å². The number of likely N-dealkylation sites (N-methyl/N-ethyl adjacent to an activating group) is 1. The fourth-order valence-corrected chi connectivity index (χ4v) is 2.51. The van der Waals surface area contributed by atoms with Crippen LogP contribution in [0.1, 0.15) is 38.3 Å². The monoisotopic (exact) mass is 233 g/mol. The minimum absolute atomic E-state index is 0.500. The first-order valence-electron chi connectivity index (χ1n) is 6.60. The summed E-state index contributed by atoms with van der Waals surface area (Å²) in [5.41, 5.74) is 1.19. The molecule has 1 aromatic heterocycles. The Kier molecular flexibility index (Phi) is 4.00. The molecule has 2 rings (SSSR count). The molecular formula is C14H23N3. The van der Waals surface area contributed by atoms with Gasteiger partial charge in [0.05, 0.1) is 0 Å². The third-order valence-corrected chi connectivity index (χ3v) is 3.46. The van der Waals surface area contributed by atoms with Crippen LogP contribution in [0.4, 0.5) is 5.82 Å². The zero-order valence-electron chi connectivity index (χ0n) is 11.1. The number of nitrogens with one attached hydrogen (secondary N) is 1. The lowest BCUT2D eigenvalue weighted by Gasteiger charge is -2.26. The molecule has 0 saturated carbocycles. The lowest BCUT2D eigenvalue weighted by atomic mass is 10.1. The van der Waals surface area contributed by atoms with E-state index in [2.05, 4.69) is 42.3 Å². The van der Waals surface area contributed by atoms with E-state index in [1.54, 1.807) is 0 Å². The second-order valence-corrected chi connectivity index (χ2v) is 5.12. The summed E-state index contributed by atoms with van der Waals surface area (Å²) >= 11 is 0. The van der Waals surface area contributed by atoms with Crippen molar-refractivity contribution < 1.29 is 0 Å². The molecule has 1 atom stereocenters. The molecule has 0 aromatic carbocycles. The van der Waals surface area contributed by atoms with Gasteiger partial charge in [-0.2, -0.15) is 0 Å². The third-order valence-electron chi connectivity index (χ3n) is 3.46. The van der Waals surface area contributed by atoms with Crippen molar-refractivity contribution in [2.45, 2.75) is 38.6 Å². The third kappa shape index (κ3) is 2.78. The van der Waals surface area contributed by atoms with E-state index in [0.717, 1.165) is 18.9 Å². The highest BCUT2D eigenvalue weighted by Crippen LogP contribution is 2.25. The number of hydrogen-bond acceptors (Lipinski definition) is 3. The molecule has 0 amide bonds. The van der Waals surface area contributed by atoms with Crippen molar-refractivity contribution in [3.8, 4) is 0 Å². The molecule has 1 fully saturated rings. The van der Waals surface area contributed by atoms with Crippen molar-refractivity contribution in [3.63, 3.8) is 0 Å². The standard InChI is InChI=1S/C14H23N3/c1-11(2)13-7-4-8-14(16-13)17-9-5-6-12(17)10-15-3/h4,7-8,11-12,15H,5-6,9-10H2,1-3H3/t12-/m0/s1. The van der Waals surface area contributed by atoms with Crippen molar-refractivity contribution in [3.05, 3.63) is 23.9 Å². The largest absolute Gasteiger partial charge is 0.352 e. The first-order chi connectivity index (χ1) is 8.22. The Balaban J connectivity index is 2.18. The molecule has 0 aliphatic carbocycles. The van der Waals surface area contributed by atoms with Crippen LogP contribution in [0, 0.1) is 0 Å². The van der Waals surface area contributed by atoms with Crippen LogP contribution in [0.15, 0.2) is 18.2 Å². The van der Waals surface area contributed by atoms with Crippen LogP contribution < -0.4 is 10.2 Å². The topological polar surface area (TPSA) is 28.2 Å². The minimum atomic E-state index is 0.500. The van der Waals surface area contributed by atoms with E-state index in [0.29, 0.717) is 12.0 Å². The van der Waals surface area contributed by atoms with E-state index in [1.165, 1.54) is 18.5 Å². The van der Waals surface area contributed by atoms with Crippen LogP contribution in [0.2, 0.25) is 0 Å². The molecule has 1 N–H and O–H groups in total. The Labute approximate surface area is 104 Å². The SMILES string of the molecule is CNC[C@@H]1CCCN1c1cccc(C(C)C)n1. The smallest absolute Gasteiger partial charge is 0.129 e. The van der Waals surface area contributed by atoms with Crippen LogP contribution in [0.5, 0.6) is 0 Å². The van der Waals surface area contributed by atoms with Gasteiger partial charge in [0.2, 0.25) is 0 Å². The molecule has 1 aliphatic heterocycles. The van der Waals surface area contributed by atoms with Gasteiger partial charge in [-0.25, -0.2) is 4.98 Å². The van der Waals surface area contributed by atoms with Gasteiger partial charge < -0.3 is 10.2 Å². The van der Waals surface area contributed by atoms with Gasteiger partial charge >= 0.3 is 0 Å². The predicted molar refractivity (Wildman–Crippen MR) is 72.6 cm³/mol. The van der Waals surface area contributed by atoms with Gasteiger partial charge in [0.15, 0.2) is 0 Å². The van der Waals surface area contributed by atoms with E-state index < -0.39 is 0 Å². The Morgan fingerprint density at radius 2 is 2.29 bits per heavy atom. The van der Waals surface area contributed by atoms with Gasteiger partial charge in [0.1, 0.15) is 5.82 Å². The Bertz CT molecular complexity index is 362. The van der Waals surface area contributed by atoms with Crippen molar-refractivity contribution in [1.82, 2.24) is 10.3 Å². The second-order valence-electron chi connectivity index (χ2n) is 5.12. The summed E-state index contributed by atoms with van der Waals surface area (Å²) in [7, 11) is 2.02. The Morgan fingerprint density at radius 3 is 3.00 bits per heavy atom. The summed E-state index contributed by atoms with van der Waals surface area (Å²) in [5.74, 6) is 1.65. The highest BCUT2D eigenvalue weighted by atomic mass is 15.2. The van der Waals surface area contributed by atoms with Gasteiger partial charge in [-0.15, -0.1) is 0 Å². The Morgan fingerprint density at radius 1 is 1.47 bits per heavy atom. The van der Waals surface area contributed by atoms with Crippen LogP contribution in [-0.2, 0) is 0 Å². The van der Waals surface area contributed by atoms with E-state index in [4.69, 9.17) is 4.98 Å². The molecule has 17 heavy (non-hydrogen) atoms. The number of hydrogen-bond donors (Lipinski definition) is 1. The van der Waals surface area contributed by atoms with Gasteiger partial charge in [0, 0.05) is 24.8 Å². The number of nitrogens with zero attached hydrogens (tertiary/aromatic N) is 2. The lowest BCUT2D eigenvalue weighted by Crippen LogP contribution is -2.37. The van der Waals surface area contributed by atoms with Crippen molar-refractivity contribution in [2.75, 3.05) is 25.0 Å². The first-order valence-corrected chi connectivity index (χ1v) is 6.60. The highest BCUT2D eigenvalue weighted by Gasteiger charge is 2.24. The number of pyridine rings is 1. The molecule has 0 radical (unpaired) electrons. The normalized spacial score (nSPS) is 20.2. The maximum absolute atomic E-state index is 4.78. The number of aromatic nitrogens is 1. The zero-order chi connectivity index (χ0) is 12.3. The molecule has 1 aliphatic rings. The molecule has 0 unspecified atom stereocenters. The van der Waals surface area contributed by atoms with E-state index in [9.17, 15) is 0 Å². The summed E-state index contributed by atoms with van der Waals surface area (Å²) in [5, 5.41) is 3.28. The molecule has 1 aromatic rings. The molecule has 3 nitrogen and oxygen atoms in total. The number of rotatable bonds is 4. The summed E-state index contributed by atoms with van der Waals surface area (Å²) in [6, 6.07) is 7.00. The summed E-state index contributed by atoms with van der Waals surface area (Å²) in [6.07, 6.45) is 2.55. The number of anilines is 1. The fraction of sp³-hybridized carbons (Fsp3) is 0.643. The molecule has 2 heterocycles. The molecule has 3 heteroatoms. The van der Waals surface area contributed by atoms with Crippen LogP contribution in [0.25, 0.3) is 0 Å². The molecule has 0 bridgehead atoms. The van der Waals surface area contributed by atoms with Crippen molar-refractivity contribution in [2.24, 2.45) is 0 Å². The average Bonchev–Trinajstić information content (AvgIpc) is 2.78. The second kappa shape index (κ2) is 5.50. The molecule has 1 saturated heterocycles. The average molecular weight is 233 g/mol. The zero-order valence-corrected chi connectivity index (χ0v) is 11.1. The van der Waals surface area contributed by atoms with E-state index >= 15 is 0 Å². The minimum Gasteiger partial charge on any atom is -0.352 e. The van der Waals surface area contributed by atoms with Crippen LogP contribution in [0.3, 0.4) is 0 Å². The summed E-state index contributed by atoms with van der Waals surface area (Å²) in [6.45, 7) is 6.58. The first kappa shape index (κ1) is 12.4. The lowest BCUT2D eigenvalue weighted by molar-refractivity contribution is 0.610. The quantitative estimate of drug-likeness (QED) is 0.865. The highest BCUT2D eigenvalue weighted by molar-refractivity contribution is 5.42.